The largest absolute Gasteiger partial charge is 0.364 e. The van der Waals surface area contributed by atoms with E-state index in [1.54, 1.807) is 17.0 Å². The molecule has 20 heavy (non-hydrogen) atoms. The maximum atomic E-state index is 12.2. The normalized spacial score (nSPS) is 16.6. The van der Waals surface area contributed by atoms with Crippen LogP contribution in [0.5, 0.6) is 0 Å². The zero-order valence-corrected chi connectivity index (χ0v) is 12.4. The van der Waals surface area contributed by atoms with Crippen molar-refractivity contribution in [2.45, 2.75) is 20.4 Å². The maximum Gasteiger partial charge on any atom is 0.293 e. The molecule has 1 saturated heterocycles. The van der Waals surface area contributed by atoms with Crippen LogP contribution < -0.4 is 16.2 Å². The van der Waals surface area contributed by atoms with Crippen LogP contribution in [0.15, 0.2) is 17.2 Å². The molecule has 1 aromatic heterocycles. The lowest BCUT2D eigenvalue weighted by atomic mass is 10.2. The number of nitrogens with zero attached hydrogens (tertiary/aromatic N) is 3. The van der Waals surface area contributed by atoms with Crippen LogP contribution in [-0.4, -0.2) is 53.7 Å². The molecule has 0 aliphatic carbocycles. The Bertz CT molecular complexity index is 465. The van der Waals surface area contributed by atoms with Crippen LogP contribution in [-0.2, 0) is 6.54 Å². The third-order valence-electron chi connectivity index (χ3n) is 3.41. The second kappa shape index (κ2) is 7.40. The summed E-state index contributed by atoms with van der Waals surface area (Å²) >= 11 is 0. The molecule has 1 aliphatic heterocycles. The lowest BCUT2D eigenvalue weighted by Crippen LogP contribution is -2.45. The van der Waals surface area contributed by atoms with Crippen LogP contribution in [0.3, 0.4) is 0 Å². The second-order valence-corrected chi connectivity index (χ2v) is 5.65. The summed E-state index contributed by atoms with van der Waals surface area (Å²) in [6.45, 7) is 10.9. The Balaban J connectivity index is 1.87. The van der Waals surface area contributed by atoms with Crippen molar-refractivity contribution in [1.29, 1.82) is 0 Å². The zero-order chi connectivity index (χ0) is 14.4. The predicted octanol–water partition coefficient (Wildman–Crippen LogP) is 0.216. The van der Waals surface area contributed by atoms with E-state index in [1.807, 2.05) is 0 Å². The first-order valence-corrected chi connectivity index (χ1v) is 7.39. The van der Waals surface area contributed by atoms with Crippen molar-refractivity contribution < 1.29 is 0 Å². The van der Waals surface area contributed by atoms with Gasteiger partial charge in [-0.1, -0.05) is 13.8 Å². The van der Waals surface area contributed by atoms with Gasteiger partial charge in [-0.15, -0.1) is 0 Å². The van der Waals surface area contributed by atoms with Gasteiger partial charge in [0.2, 0.25) is 0 Å². The average Bonchev–Trinajstić information content (AvgIpc) is 2.43. The van der Waals surface area contributed by atoms with Gasteiger partial charge in [0.1, 0.15) is 0 Å². The summed E-state index contributed by atoms with van der Waals surface area (Å²) in [5.41, 5.74) is -0.0264. The fourth-order valence-electron chi connectivity index (χ4n) is 2.37. The van der Waals surface area contributed by atoms with Gasteiger partial charge in [0.25, 0.3) is 5.56 Å². The molecular formula is C14H25N5O. The lowest BCUT2D eigenvalue weighted by Gasteiger charge is -2.27. The quantitative estimate of drug-likeness (QED) is 0.780. The number of nitrogens with one attached hydrogen (secondary N) is 2. The summed E-state index contributed by atoms with van der Waals surface area (Å²) in [6.07, 6.45) is 3.45. The highest BCUT2D eigenvalue weighted by Gasteiger charge is 2.10. The van der Waals surface area contributed by atoms with E-state index in [1.165, 1.54) is 0 Å². The van der Waals surface area contributed by atoms with E-state index in [9.17, 15) is 4.79 Å². The SMILES string of the molecule is CC(C)Cn1ccnc(NCCN2CCNCC2)c1=O. The molecule has 2 N–H and O–H groups in total. The molecule has 2 rings (SSSR count). The summed E-state index contributed by atoms with van der Waals surface area (Å²) in [7, 11) is 0. The molecule has 1 aromatic rings. The first-order valence-electron chi connectivity index (χ1n) is 7.39. The maximum absolute atomic E-state index is 12.2. The number of hydrogen-bond acceptors (Lipinski definition) is 5. The highest BCUT2D eigenvalue weighted by atomic mass is 16.1. The van der Waals surface area contributed by atoms with Crippen molar-refractivity contribution in [2.24, 2.45) is 5.92 Å². The molecule has 112 valence electrons. The molecule has 6 nitrogen and oxygen atoms in total. The van der Waals surface area contributed by atoms with Gasteiger partial charge >= 0.3 is 0 Å². The molecule has 0 bridgehead atoms. The van der Waals surface area contributed by atoms with Crippen molar-refractivity contribution in [2.75, 3.05) is 44.6 Å². The molecule has 1 fully saturated rings. The summed E-state index contributed by atoms with van der Waals surface area (Å²) < 4.78 is 1.73. The highest BCUT2D eigenvalue weighted by molar-refractivity contribution is 5.30. The molecule has 6 heteroatoms. The fourth-order valence-corrected chi connectivity index (χ4v) is 2.37. The molecule has 0 radical (unpaired) electrons. The minimum atomic E-state index is -0.0264. The van der Waals surface area contributed by atoms with Crippen molar-refractivity contribution >= 4 is 5.82 Å². The van der Waals surface area contributed by atoms with Crippen LogP contribution in [0.4, 0.5) is 5.82 Å². The van der Waals surface area contributed by atoms with E-state index < -0.39 is 0 Å². The molecule has 0 spiro atoms. The van der Waals surface area contributed by atoms with Crippen molar-refractivity contribution in [3.8, 4) is 0 Å². The fraction of sp³-hybridized carbons (Fsp3) is 0.714. The topological polar surface area (TPSA) is 62.2 Å². The van der Waals surface area contributed by atoms with Crippen LogP contribution in [0.2, 0.25) is 0 Å². The first kappa shape index (κ1) is 15.0. The van der Waals surface area contributed by atoms with Crippen LogP contribution in [0, 0.1) is 5.92 Å². The van der Waals surface area contributed by atoms with Crippen LogP contribution in [0.1, 0.15) is 13.8 Å². The first-order chi connectivity index (χ1) is 9.66. The van der Waals surface area contributed by atoms with Gasteiger partial charge in [-0.25, -0.2) is 4.98 Å². The molecule has 0 aromatic carbocycles. The van der Waals surface area contributed by atoms with Gasteiger partial charge in [-0.3, -0.25) is 9.69 Å². The summed E-state index contributed by atoms with van der Waals surface area (Å²) in [5.74, 6) is 0.909. The van der Waals surface area contributed by atoms with E-state index in [0.717, 1.165) is 45.8 Å². The van der Waals surface area contributed by atoms with Gasteiger partial charge in [-0.05, 0) is 5.92 Å². The van der Waals surface area contributed by atoms with E-state index in [4.69, 9.17) is 0 Å². The second-order valence-electron chi connectivity index (χ2n) is 5.65. The Labute approximate surface area is 120 Å². The zero-order valence-electron chi connectivity index (χ0n) is 12.4. The Kier molecular flexibility index (Phi) is 5.55. The minimum Gasteiger partial charge on any atom is -0.364 e. The Morgan fingerprint density at radius 3 is 2.85 bits per heavy atom. The third-order valence-corrected chi connectivity index (χ3v) is 3.41. The standard InChI is InChI=1S/C14H25N5O/c1-12(2)11-19-10-6-17-13(14(19)20)16-5-9-18-7-3-15-4-8-18/h6,10,12,15H,3-5,7-9,11H2,1-2H3,(H,16,17). The van der Waals surface area contributed by atoms with E-state index in [0.29, 0.717) is 11.7 Å². The average molecular weight is 279 g/mol. The summed E-state index contributed by atoms with van der Waals surface area (Å²) in [5, 5.41) is 6.50. The molecule has 0 saturated carbocycles. The Morgan fingerprint density at radius 1 is 1.40 bits per heavy atom. The summed E-state index contributed by atoms with van der Waals surface area (Å²) in [6, 6.07) is 0. The van der Waals surface area contributed by atoms with Gasteiger partial charge < -0.3 is 15.2 Å². The highest BCUT2D eigenvalue weighted by Crippen LogP contribution is 1.99. The minimum absolute atomic E-state index is 0.0264. The molecule has 0 unspecified atom stereocenters. The Hall–Kier alpha value is -1.40. The molecule has 0 amide bonds. The van der Waals surface area contributed by atoms with Crippen LogP contribution in [0.25, 0.3) is 0 Å². The van der Waals surface area contributed by atoms with Gasteiger partial charge in [0.05, 0.1) is 0 Å². The molecule has 1 aliphatic rings. The van der Waals surface area contributed by atoms with Crippen molar-refractivity contribution in [3.63, 3.8) is 0 Å². The monoisotopic (exact) mass is 279 g/mol. The van der Waals surface area contributed by atoms with E-state index in [-0.39, 0.29) is 5.56 Å². The number of anilines is 1. The van der Waals surface area contributed by atoms with Gasteiger partial charge in [-0.2, -0.15) is 0 Å². The van der Waals surface area contributed by atoms with Gasteiger partial charge in [0.15, 0.2) is 5.82 Å². The van der Waals surface area contributed by atoms with Crippen molar-refractivity contribution in [1.82, 2.24) is 19.8 Å². The number of hydrogen-bond donors (Lipinski definition) is 2. The van der Waals surface area contributed by atoms with E-state index >= 15 is 0 Å². The Morgan fingerprint density at radius 2 is 2.15 bits per heavy atom. The lowest BCUT2D eigenvalue weighted by molar-refractivity contribution is 0.249. The van der Waals surface area contributed by atoms with Gasteiger partial charge in [0, 0.05) is 58.2 Å². The van der Waals surface area contributed by atoms with Crippen LogP contribution >= 0.6 is 0 Å². The number of rotatable bonds is 6. The number of piperazine rings is 1. The third kappa shape index (κ3) is 4.31. The summed E-state index contributed by atoms with van der Waals surface area (Å²) in [4.78, 5) is 18.7. The van der Waals surface area contributed by atoms with Crippen molar-refractivity contribution in [3.05, 3.63) is 22.7 Å². The molecular weight excluding hydrogens is 254 g/mol. The predicted molar refractivity (Wildman–Crippen MR) is 81.1 cm³/mol. The number of aromatic nitrogens is 2. The van der Waals surface area contributed by atoms with E-state index in [2.05, 4.69) is 34.4 Å². The molecule has 2 heterocycles. The smallest absolute Gasteiger partial charge is 0.293 e. The molecule has 0 atom stereocenters.